The molecule has 0 aromatic heterocycles. The Morgan fingerprint density at radius 1 is 1.20 bits per heavy atom. The predicted molar refractivity (Wildman–Crippen MR) is 96.2 cm³/mol. The van der Waals surface area contributed by atoms with Crippen molar-refractivity contribution in [2.24, 2.45) is 11.8 Å². The molecule has 1 saturated carbocycles. The third kappa shape index (κ3) is 3.80. The number of hydrogen-bond acceptors (Lipinski definition) is 3. The topological polar surface area (TPSA) is 49.9 Å². The molecule has 0 bridgehead atoms. The largest absolute Gasteiger partial charge is 0.496 e. The van der Waals surface area contributed by atoms with Gasteiger partial charge >= 0.3 is 0 Å². The molecule has 5 heteroatoms. The molecule has 2 aliphatic rings. The zero-order valence-corrected chi connectivity index (χ0v) is 15.4. The van der Waals surface area contributed by atoms with Crippen LogP contribution in [0.4, 0.5) is 0 Å². The molecule has 0 spiro atoms. The fraction of sp³-hybridized carbons (Fsp3) is 0.600. The molecular weight excluding hydrogens is 316 g/mol. The molecule has 2 fully saturated rings. The van der Waals surface area contributed by atoms with E-state index in [2.05, 4.69) is 0 Å². The summed E-state index contributed by atoms with van der Waals surface area (Å²) >= 11 is 0. The van der Waals surface area contributed by atoms with E-state index in [1.807, 2.05) is 43.1 Å². The van der Waals surface area contributed by atoms with Gasteiger partial charge in [0.25, 0.3) is 0 Å². The highest BCUT2D eigenvalue weighted by Crippen LogP contribution is 2.34. The summed E-state index contributed by atoms with van der Waals surface area (Å²) in [5.74, 6) is 1.28. The minimum atomic E-state index is -0.0985. The summed E-state index contributed by atoms with van der Waals surface area (Å²) in [5, 5.41) is 0. The van der Waals surface area contributed by atoms with Crippen molar-refractivity contribution in [2.75, 3.05) is 27.2 Å². The van der Waals surface area contributed by atoms with E-state index in [4.69, 9.17) is 4.74 Å². The van der Waals surface area contributed by atoms with E-state index < -0.39 is 0 Å². The lowest BCUT2D eigenvalue weighted by molar-refractivity contribution is -0.141. The quantitative estimate of drug-likeness (QED) is 0.825. The average Bonchev–Trinajstić information content (AvgIpc) is 3.51. The molecule has 1 aromatic carbocycles. The van der Waals surface area contributed by atoms with Crippen LogP contribution in [-0.4, -0.2) is 48.9 Å². The second kappa shape index (κ2) is 7.46. The van der Waals surface area contributed by atoms with Crippen molar-refractivity contribution in [3.05, 3.63) is 29.8 Å². The second-order valence-electron chi connectivity index (χ2n) is 7.26. The van der Waals surface area contributed by atoms with Gasteiger partial charge in [0.2, 0.25) is 11.8 Å². The lowest BCUT2D eigenvalue weighted by atomic mass is 9.95. The number of rotatable bonds is 5. The van der Waals surface area contributed by atoms with Crippen LogP contribution in [-0.2, 0) is 9.59 Å². The number of piperidine rings is 1. The van der Waals surface area contributed by atoms with Crippen LogP contribution in [0, 0.1) is 11.8 Å². The number of para-hydroxylation sites is 1. The first-order valence-electron chi connectivity index (χ1n) is 9.21. The molecule has 1 saturated heterocycles. The molecular formula is C20H28N2O3. The first-order valence-corrected chi connectivity index (χ1v) is 9.21. The molecule has 1 heterocycles. The third-order valence-electron chi connectivity index (χ3n) is 5.53. The van der Waals surface area contributed by atoms with Crippen molar-refractivity contribution in [3.63, 3.8) is 0 Å². The van der Waals surface area contributed by atoms with Crippen LogP contribution in [0.25, 0.3) is 0 Å². The fourth-order valence-corrected chi connectivity index (χ4v) is 3.67. The van der Waals surface area contributed by atoms with E-state index in [-0.39, 0.29) is 29.7 Å². The Kier molecular flexibility index (Phi) is 5.30. The first kappa shape index (κ1) is 17.8. The van der Waals surface area contributed by atoms with Crippen molar-refractivity contribution in [1.29, 1.82) is 0 Å². The van der Waals surface area contributed by atoms with Crippen LogP contribution >= 0.6 is 0 Å². The van der Waals surface area contributed by atoms with E-state index in [0.717, 1.165) is 43.5 Å². The van der Waals surface area contributed by atoms with Crippen LogP contribution in [0.3, 0.4) is 0 Å². The number of carbonyl (C=O) groups is 2. The van der Waals surface area contributed by atoms with Crippen molar-refractivity contribution >= 4 is 11.8 Å². The molecule has 1 aromatic rings. The zero-order valence-electron chi connectivity index (χ0n) is 15.4. The maximum atomic E-state index is 13.0. The normalized spacial score (nSPS) is 21.6. The Balaban J connectivity index is 1.67. The van der Waals surface area contributed by atoms with E-state index in [1.165, 1.54) is 0 Å². The second-order valence-corrected chi connectivity index (χ2v) is 7.26. The van der Waals surface area contributed by atoms with Gasteiger partial charge in [-0.05, 0) is 38.7 Å². The number of hydrogen-bond donors (Lipinski definition) is 0. The van der Waals surface area contributed by atoms with Crippen molar-refractivity contribution in [2.45, 2.75) is 38.6 Å². The van der Waals surface area contributed by atoms with Gasteiger partial charge in [0, 0.05) is 31.6 Å². The van der Waals surface area contributed by atoms with Crippen LogP contribution in [0.15, 0.2) is 24.3 Å². The van der Waals surface area contributed by atoms with E-state index in [9.17, 15) is 9.59 Å². The number of nitrogens with zero attached hydrogens (tertiary/aromatic N) is 2. The summed E-state index contributed by atoms with van der Waals surface area (Å²) in [6.07, 6.45) is 3.79. The average molecular weight is 344 g/mol. The lowest BCUT2D eigenvalue weighted by Gasteiger charge is -2.36. The van der Waals surface area contributed by atoms with Gasteiger partial charge in [-0.25, -0.2) is 0 Å². The van der Waals surface area contributed by atoms with Crippen LogP contribution in [0.2, 0.25) is 0 Å². The van der Waals surface area contributed by atoms with Gasteiger partial charge in [-0.1, -0.05) is 18.2 Å². The monoisotopic (exact) mass is 344 g/mol. The molecule has 3 rings (SSSR count). The van der Waals surface area contributed by atoms with Crippen molar-refractivity contribution in [1.82, 2.24) is 9.80 Å². The number of likely N-dealkylation sites (tertiary alicyclic amines) is 1. The Bertz CT molecular complexity index is 642. The van der Waals surface area contributed by atoms with Crippen molar-refractivity contribution in [3.8, 4) is 5.75 Å². The number of benzene rings is 1. The summed E-state index contributed by atoms with van der Waals surface area (Å²) in [4.78, 5) is 29.0. The zero-order chi connectivity index (χ0) is 18.0. The maximum absolute atomic E-state index is 13.0. The molecule has 5 nitrogen and oxygen atoms in total. The predicted octanol–water partition coefficient (Wildman–Crippen LogP) is 2.86. The number of methoxy groups -OCH3 is 1. The number of amides is 2. The number of carbonyl (C=O) groups excluding carboxylic acids is 2. The molecule has 0 N–H and O–H groups in total. The third-order valence-corrected chi connectivity index (χ3v) is 5.53. The molecule has 2 unspecified atom stereocenters. The van der Waals surface area contributed by atoms with Gasteiger partial charge in [0.05, 0.1) is 19.1 Å². The Labute approximate surface area is 149 Å². The minimum absolute atomic E-state index is 0.0711. The summed E-state index contributed by atoms with van der Waals surface area (Å²) < 4.78 is 5.43. The summed E-state index contributed by atoms with van der Waals surface area (Å²) in [6.45, 7) is 3.38. The molecule has 0 radical (unpaired) electrons. The van der Waals surface area contributed by atoms with Gasteiger partial charge in [-0.15, -0.1) is 0 Å². The molecule has 1 aliphatic heterocycles. The van der Waals surface area contributed by atoms with Gasteiger partial charge in [0.1, 0.15) is 5.75 Å². The molecule has 1 aliphatic carbocycles. The lowest BCUT2D eigenvalue weighted by Crippen LogP contribution is -2.46. The van der Waals surface area contributed by atoms with Gasteiger partial charge in [0.15, 0.2) is 0 Å². The standard InChI is InChI=1S/C20H28N2O3/c1-14(17-8-4-5-9-18(17)25-3)21(2)19(23)16-7-6-12-22(13-16)20(24)15-10-11-15/h4-5,8-9,14-16H,6-7,10-13H2,1-3H3. The minimum Gasteiger partial charge on any atom is -0.496 e. The smallest absolute Gasteiger partial charge is 0.227 e. The Morgan fingerprint density at radius 2 is 1.92 bits per heavy atom. The maximum Gasteiger partial charge on any atom is 0.227 e. The molecule has 2 atom stereocenters. The molecule has 25 heavy (non-hydrogen) atoms. The SMILES string of the molecule is COc1ccccc1C(C)N(C)C(=O)C1CCCN(C(=O)C2CC2)C1. The van der Waals surface area contributed by atoms with Crippen LogP contribution in [0.5, 0.6) is 5.75 Å². The van der Waals surface area contributed by atoms with E-state index in [0.29, 0.717) is 6.54 Å². The van der Waals surface area contributed by atoms with Gasteiger partial charge in [-0.2, -0.15) is 0 Å². The fourth-order valence-electron chi connectivity index (χ4n) is 3.67. The summed E-state index contributed by atoms with van der Waals surface area (Å²) in [7, 11) is 3.50. The van der Waals surface area contributed by atoms with E-state index in [1.54, 1.807) is 12.0 Å². The number of ether oxygens (including phenoxy) is 1. The van der Waals surface area contributed by atoms with Gasteiger partial charge < -0.3 is 14.5 Å². The van der Waals surface area contributed by atoms with Gasteiger partial charge in [-0.3, -0.25) is 9.59 Å². The Hall–Kier alpha value is -2.04. The molecule has 136 valence electrons. The van der Waals surface area contributed by atoms with Crippen LogP contribution in [0.1, 0.15) is 44.2 Å². The Morgan fingerprint density at radius 3 is 2.60 bits per heavy atom. The highest BCUT2D eigenvalue weighted by atomic mass is 16.5. The summed E-state index contributed by atoms with van der Waals surface area (Å²) in [5.41, 5.74) is 1.00. The summed E-state index contributed by atoms with van der Waals surface area (Å²) in [6, 6.07) is 7.73. The first-order chi connectivity index (χ1) is 12.0. The van der Waals surface area contributed by atoms with Crippen LogP contribution < -0.4 is 4.74 Å². The molecule has 2 amide bonds. The highest BCUT2D eigenvalue weighted by Gasteiger charge is 2.37. The van der Waals surface area contributed by atoms with E-state index >= 15 is 0 Å². The van der Waals surface area contributed by atoms with Crippen molar-refractivity contribution < 1.29 is 14.3 Å². The highest BCUT2D eigenvalue weighted by molar-refractivity contribution is 5.83.